The van der Waals surface area contributed by atoms with E-state index in [2.05, 4.69) is 10.1 Å². The first kappa shape index (κ1) is 17.8. The quantitative estimate of drug-likeness (QED) is 0.598. The largest absolute Gasteiger partial charge is 0.482 e. The first-order valence-electron chi connectivity index (χ1n) is 5.64. The molecule has 1 aromatic carbocycles. The van der Waals surface area contributed by atoms with Gasteiger partial charge in [-0.3, -0.25) is 4.79 Å². The van der Waals surface area contributed by atoms with E-state index < -0.39 is 31.1 Å². The topological polar surface area (TPSA) is 84.9 Å². The molecule has 0 radical (unpaired) electrons. The van der Waals surface area contributed by atoms with E-state index >= 15 is 0 Å². The summed E-state index contributed by atoms with van der Waals surface area (Å²) in [5, 5.41) is 11.9. The summed E-state index contributed by atoms with van der Waals surface area (Å²) in [6, 6.07) is 1.59. The van der Waals surface area contributed by atoms with Crippen LogP contribution in [-0.2, 0) is 14.3 Å². The van der Waals surface area contributed by atoms with Crippen LogP contribution in [0.1, 0.15) is 0 Å². The highest BCUT2D eigenvalue weighted by Gasteiger charge is 2.20. The maximum absolute atomic E-state index is 11.6. The minimum absolute atomic E-state index is 0.167. The highest BCUT2D eigenvalue weighted by molar-refractivity contribution is 6.43. The summed E-state index contributed by atoms with van der Waals surface area (Å²) < 4.78 is 9.58. The summed E-state index contributed by atoms with van der Waals surface area (Å²) in [4.78, 5) is 22.8. The predicted molar refractivity (Wildman–Crippen MR) is 78.0 cm³/mol. The number of carbonyl (C=O) groups is 2. The van der Waals surface area contributed by atoms with E-state index in [1.807, 2.05) is 0 Å². The number of benzene rings is 1. The summed E-state index contributed by atoms with van der Waals surface area (Å²) in [5.41, 5.74) is 0. The lowest BCUT2D eigenvalue weighted by molar-refractivity contribution is -0.146. The predicted octanol–water partition coefficient (Wildman–Crippen LogP) is 1.68. The number of halogens is 3. The highest BCUT2D eigenvalue weighted by atomic mass is 35.5. The molecule has 0 saturated carbocycles. The molecule has 21 heavy (non-hydrogen) atoms. The third kappa shape index (κ3) is 5.24. The Kier molecular flexibility index (Phi) is 7.04. The molecular formula is C12H12Cl3NO5. The van der Waals surface area contributed by atoms with Gasteiger partial charge in [0.15, 0.2) is 12.6 Å². The number of nitrogens with one attached hydrogen (secondary N) is 1. The van der Waals surface area contributed by atoms with Crippen LogP contribution in [0.4, 0.5) is 0 Å². The number of amides is 1. The van der Waals surface area contributed by atoms with Crippen LogP contribution in [-0.4, -0.2) is 43.3 Å². The number of aliphatic hydroxyl groups excluding tert-OH is 1. The summed E-state index contributed by atoms with van der Waals surface area (Å²) in [6.45, 7) is -1.02. The Morgan fingerprint density at radius 3 is 2.43 bits per heavy atom. The van der Waals surface area contributed by atoms with Crippen LogP contribution < -0.4 is 10.1 Å². The Morgan fingerprint density at radius 2 is 1.86 bits per heavy atom. The van der Waals surface area contributed by atoms with Crippen molar-refractivity contribution in [3.8, 4) is 5.75 Å². The molecule has 0 aliphatic carbocycles. The Hall–Kier alpha value is -1.21. The van der Waals surface area contributed by atoms with Gasteiger partial charge < -0.3 is 19.9 Å². The minimum Gasteiger partial charge on any atom is -0.482 e. The first-order chi connectivity index (χ1) is 9.88. The van der Waals surface area contributed by atoms with Crippen LogP contribution in [0.25, 0.3) is 0 Å². The minimum atomic E-state index is -1.16. The van der Waals surface area contributed by atoms with Crippen LogP contribution in [0.3, 0.4) is 0 Å². The van der Waals surface area contributed by atoms with Gasteiger partial charge in [-0.2, -0.15) is 0 Å². The van der Waals surface area contributed by atoms with Gasteiger partial charge in [0.25, 0.3) is 5.91 Å². The van der Waals surface area contributed by atoms with Crippen molar-refractivity contribution < 1.29 is 24.2 Å². The Bertz CT molecular complexity index is 538. The van der Waals surface area contributed by atoms with Crippen molar-refractivity contribution in [1.29, 1.82) is 0 Å². The Labute approximate surface area is 135 Å². The molecular weight excluding hydrogens is 344 g/mol. The average Bonchev–Trinajstić information content (AvgIpc) is 2.46. The number of aliphatic hydroxyl groups is 1. The fourth-order valence-electron chi connectivity index (χ4n) is 1.32. The molecule has 1 atom stereocenters. The number of carbonyl (C=O) groups excluding carboxylic acids is 2. The number of hydrogen-bond donors (Lipinski definition) is 2. The van der Waals surface area contributed by atoms with Gasteiger partial charge in [-0.1, -0.05) is 34.8 Å². The smallest absolute Gasteiger partial charge is 0.330 e. The number of methoxy groups -OCH3 is 1. The molecule has 0 heterocycles. The SMILES string of the molecule is COC(=O)[C@@H](CO)NC(=O)COc1cc(Cl)c(Cl)cc1Cl. The lowest BCUT2D eigenvalue weighted by Crippen LogP contribution is -2.45. The normalized spacial score (nSPS) is 11.7. The van der Waals surface area contributed by atoms with E-state index in [-0.39, 0.29) is 20.8 Å². The molecule has 0 fully saturated rings. The Balaban J connectivity index is 2.61. The first-order valence-corrected chi connectivity index (χ1v) is 6.77. The molecule has 1 amide bonds. The molecule has 2 N–H and O–H groups in total. The Morgan fingerprint density at radius 1 is 1.24 bits per heavy atom. The van der Waals surface area contributed by atoms with E-state index in [9.17, 15) is 9.59 Å². The monoisotopic (exact) mass is 355 g/mol. The molecule has 9 heteroatoms. The third-order valence-corrected chi connectivity index (χ3v) is 3.35. The highest BCUT2D eigenvalue weighted by Crippen LogP contribution is 2.33. The number of hydrogen-bond acceptors (Lipinski definition) is 5. The fraction of sp³-hybridized carbons (Fsp3) is 0.333. The molecule has 0 bridgehead atoms. The zero-order valence-electron chi connectivity index (χ0n) is 10.9. The van der Waals surface area contributed by atoms with E-state index in [1.165, 1.54) is 12.1 Å². The standard InChI is InChI=1S/C12H12Cl3NO5/c1-20-12(19)9(4-17)16-11(18)5-21-10-3-7(14)6(13)2-8(10)15/h2-3,9,17H,4-5H2,1H3,(H,16,18)/t9-/m1/s1. The summed E-state index contributed by atoms with van der Waals surface area (Å²) in [7, 11) is 1.14. The van der Waals surface area contributed by atoms with Crippen LogP contribution in [0.15, 0.2) is 12.1 Å². The number of rotatable bonds is 6. The van der Waals surface area contributed by atoms with Crippen LogP contribution >= 0.6 is 34.8 Å². The molecule has 6 nitrogen and oxygen atoms in total. The third-order valence-electron chi connectivity index (χ3n) is 2.34. The van der Waals surface area contributed by atoms with Crippen molar-refractivity contribution in [3.05, 3.63) is 27.2 Å². The van der Waals surface area contributed by atoms with Crippen molar-refractivity contribution in [2.75, 3.05) is 20.3 Å². The van der Waals surface area contributed by atoms with Crippen LogP contribution in [0, 0.1) is 0 Å². The van der Waals surface area contributed by atoms with Gasteiger partial charge in [0.1, 0.15) is 5.75 Å². The van der Waals surface area contributed by atoms with E-state index in [0.29, 0.717) is 0 Å². The van der Waals surface area contributed by atoms with Gasteiger partial charge in [0.2, 0.25) is 0 Å². The average molecular weight is 357 g/mol. The van der Waals surface area contributed by atoms with Crippen molar-refractivity contribution in [2.24, 2.45) is 0 Å². The fourth-order valence-corrected chi connectivity index (χ4v) is 1.91. The van der Waals surface area contributed by atoms with Gasteiger partial charge in [-0.05, 0) is 6.07 Å². The van der Waals surface area contributed by atoms with Crippen molar-refractivity contribution in [1.82, 2.24) is 5.32 Å². The number of esters is 1. The second-order valence-electron chi connectivity index (χ2n) is 3.81. The maximum Gasteiger partial charge on any atom is 0.330 e. The van der Waals surface area contributed by atoms with Crippen LogP contribution in [0.5, 0.6) is 5.75 Å². The molecule has 0 aromatic heterocycles. The van der Waals surface area contributed by atoms with E-state index in [1.54, 1.807) is 0 Å². The molecule has 0 saturated heterocycles. The van der Waals surface area contributed by atoms with Crippen molar-refractivity contribution >= 4 is 46.7 Å². The maximum atomic E-state index is 11.6. The summed E-state index contributed by atoms with van der Waals surface area (Å²) in [5.74, 6) is -1.24. The molecule has 0 aliphatic rings. The van der Waals surface area contributed by atoms with E-state index in [0.717, 1.165) is 7.11 Å². The zero-order valence-corrected chi connectivity index (χ0v) is 13.1. The second-order valence-corrected chi connectivity index (χ2v) is 5.03. The van der Waals surface area contributed by atoms with Crippen LogP contribution in [0.2, 0.25) is 15.1 Å². The zero-order chi connectivity index (χ0) is 16.0. The number of ether oxygens (including phenoxy) is 2. The van der Waals surface area contributed by atoms with Crippen molar-refractivity contribution in [2.45, 2.75) is 6.04 Å². The summed E-state index contributed by atoms with van der Waals surface area (Å²) in [6.07, 6.45) is 0. The molecule has 0 unspecified atom stereocenters. The lowest BCUT2D eigenvalue weighted by Gasteiger charge is -2.14. The van der Waals surface area contributed by atoms with Crippen molar-refractivity contribution in [3.63, 3.8) is 0 Å². The van der Waals surface area contributed by atoms with Gasteiger partial charge in [-0.25, -0.2) is 4.79 Å². The molecule has 1 aromatic rings. The molecule has 0 aliphatic heterocycles. The van der Waals surface area contributed by atoms with Gasteiger partial charge in [-0.15, -0.1) is 0 Å². The second kappa shape index (κ2) is 8.29. The summed E-state index contributed by atoms with van der Waals surface area (Å²) >= 11 is 17.4. The molecule has 116 valence electrons. The van der Waals surface area contributed by atoms with Gasteiger partial charge in [0.05, 0.1) is 28.8 Å². The molecule has 0 spiro atoms. The van der Waals surface area contributed by atoms with Gasteiger partial charge in [0, 0.05) is 6.07 Å². The molecule has 1 rings (SSSR count). The lowest BCUT2D eigenvalue weighted by atomic mass is 10.3. The van der Waals surface area contributed by atoms with E-state index in [4.69, 9.17) is 44.6 Å². The van der Waals surface area contributed by atoms with Gasteiger partial charge >= 0.3 is 5.97 Å².